The Hall–Kier alpha value is 2.03. The summed E-state index contributed by atoms with van der Waals surface area (Å²) in [6.07, 6.45) is 0. The summed E-state index contributed by atoms with van der Waals surface area (Å²) in [5, 5.41) is 33.2. The molecule has 0 saturated carbocycles. The van der Waals surface area contributed by atoms with Gasteiger partial charge in [-0.15, -0.1) is 0 Å². The molecule has 8 nitrogen and oxygen atoms in total. The molecule has 13 heteroatoms. The van der Waals surface area contributed by atoms with Gasteiger partial charge in [0.25, 0.3) is 0 Å². The van der Waals surface area contributed by atoms with E-state index in [-0.39, 0.29) is 100 Å². The number of rotatable bonds is 10. The number of carbonyl (C=O) groups excluding carboxylic acids is 3. The predicted molar refractivity (Wildman–Crippen MR) is 59.7 cm³/mol. The standard InChI is InChI=1S/C8H14N2O6S2.3Na/c9-4(7(13)14)2-17-18-3-5(8(15)16)10-1-6(11)12;;;/h4-5,10H,1-3,9H2,(H,11,12)(H,13,14)(H,15,16);;;/q;3*+1/p-3/t4-,5-;;;/m0.../s1. The number of carbonyl (C=O) groups is 3. The first kappa shape index (κ1) is 30.9. The van der Waals surface area contributed by atoms with Gasteiger partial charge < -0.3 is 40.8 Å². The molecule has 0 unspecified atom stereocenters. The summed E-state index contributed by atoms with van der Waals surface area (Å²) in [5.41, 5.74) is 5.17. The third-order valence-corrected chi connectivity index (χ3v) is 4.09. The van der Waals surface area contributed by atoms with Crippen LogP contribution in [0.5, 0.6) is 0 Å². The van der Waals surface area contributed by atoms with Crippen LogP contribution in [0.2, 0.25) is 0 Å². The molecule has 3 N–H and O–H groups in total. The second kappa shape index (κ2) is 18.4. The molecule has 2 atom stereocenters. The molecular formula is C8H11N2Na3O6S2. The Morgan fingerprint density at radius 3 is 1.81 bits per heavy atom. The zero-order chi connectivity index (χ0) is 14.1. The van der Waals surface area contributed by atoms with Gasteiger partial charge in [-0.3, -0.25) is 0 Å². The molecule has 0 radical (unpaired) electrons. The topological polar surface area (TPSA) is 158 Å². The predicted octanol–water partition coefficient (Wildman–Crippen LogP) is -14.1. The van der Waals surface area contributed by atoms with E-state index in [1.807, 2.05) is 0 Å². The summed E-state index contributed by atoms with van der Waals surface area (Å²) in [4.78, 5) is 31.0. The van der Waals surface area contributed by atoms with Gasteiger partial charge in [0.1, 0.15) is 0 Å². The number of carboxylic acids is 3. The van der Waals surface area contributed by atoms with Gasteiger partial charge >= 0.3 is 88.7 Å². The fourth-order valence-electron chi connectivity index (χ4n) is 0.722. The van der Waals surface area contributed by atoms with Crippen LogP contribution >= 0.6 is 21.6 Å². The van der Waals surface area contributed by atoms with Gasteiger partial charge in [0.15, 0.2) is 0 Å². The molecule has 0 aliphatic carbocycles. The van der Waals surface area contributed by atoms with Crippen LogP contribution in [-0.4, -0.2) is 48.0 Å². The van der Waals surface area contributed by atoms with Crippen molar-refractivity contribution in [2.24, 2.45) is 5.73 Å². The molecule has 0 aromatic rings. The number of hydrogen-bond donors (Lipinski definition) is 2. The quantitative estimate of drug-likeness (QED) is 0.216. The minimum Gasteiger partial charge on any atom is -0.549 e. The van der Waals surface area contributed by atoms with Crippen molar-refractivity contribution in [3.05, 3.63) is 0 Å². The molecule has 0 aromatic heterocycles. The largest absolute Gasteiger partial charge is 1.00 e. The van der Waals surface area contributed by atoms with Crippen LogP contribution in [0.1, 0.15) is 0 Å². The molecule has 21 heavy (non-hydrogen) atoms. The number of hydrogen-bond acceptors (Lipinski definition) is 10. The third-order valence-electron chi connectivity index (χ3n) is 1.65. The summed E-state index contributed by atoms with van der Waals surface area (Å²) < 4.78 is 0. The molecule has 0 bridgehead atoms. The summed E-state index contributed by atoms with van der Waals surface area (Å²) >= 11 is 0. The Kier molecular flexibility index (Phi) is 27.0. The second-order valence-corrected chi connectivity index (χ2v) is 5.67. The maximum absolute atomic E-state index is 10.6. The van der Waals surface area contributed by atoms with Crippen molar-refractivity contribution in [1.82, 2.24) is 5.32 Å². The fraction of sp³-hybridized carbons (Fsp3) is 0.625. The van der Waals surface area contributed by atoms with Gasteiger partial charge in [0, 0.05) is 18.1 Å². The molecule has 0 aliphatic heterocycles. The Labute approximate surface area is 196 Å². The van der Waals surface area contributed by atoms with Crippen LogP contribution in [0.3, 0.4) is 0 Å². The summed E-state index contributed by atoms with van der Waals surface area (Å²) in [7, 11) is 2.08. The minimum atomic E-state index is -1.45. The van der Waals surface area contributed by atoms with E-state index in [4.69, 9.17) is 5.73 Å². The Bertz CT molecular complexity index is 326. The van der Waals surface area contributed by atoms with Crippen molar-refractivity contribution in [1.29, 1.82) is 0 Å². The molecule has 0 saturated heterocycles. The number of carboxylic acid groups (broad SMARTS) is 3. The second-order valence-electron chi connectivity index (χ2n) is 3.12. The van der Waals surface area contributed by atoms with Crippen molar-refractivity contribution >= 4 is 39.5 Å². The van der Waals surface area contributed by atoms with E-state index >= 15 is 0 Å². The minimum absolute atomic E-state index is 0. The fourth-order valence-corrected chi connectivity index (χ4v) is 3.01. The van der Waals surface area contributed by atoms with Gasteiger partial charge in [-0.1, -0.05) is 21.6 Å². The van der Waals surface area contributed by atoms with E-state index in [0.717, 1.165) is 21.6 Å². The van der Waals surface area contributed by atoms with Gasteiger partial charge in [-0.25, -0.2) is 0 Å². The monoisotopic (exact) mass is 364 g/mol. The zero-order valence-corrected chi connectivity index (χ0v) is 19.8. The maximum atomic E-state index is 10.6. The van der Waals surface area contributed by atoms with Crippen LogP contribution in [-0.2, 0) is 14.4 Å². The van der Waals surface area contributed by atoms with E-state index in [2.05, 4.69) is 5.32 Å². The van der Waals surface area contributed by atoms with E-state index in [1.165, 1.54) is 0 Å². The van der Waals surface area contributed by atoms with E-state index in [9.17, 15) is 29.7 Å². The SMILES string of the molecule is N[C@@H](CSSC[C@H](NCC(=O)[O-])C(=O)[O-])C(=O)[O-].[Na+].[Na+].[Na+]. The average Bonchev–Trinajstić information content (AvgIpc) is 2.26. The van der Waals surface area contributed by atoms with Gasteiger partial charge in [-0.05, 0) is 0 Å². The van der Waals surface area contributed by atoms with Gasteiger partial charge in [0.2, 0.25) is 0 Å². The molecule has 0 spiro atoms. The first-order valence-corrected chi connectivity index (χ1v) is 7.18. The van der Waals surface area contributed by atoms with Crippen LogP contribution in [0.4, 0.5) is 0 Å². The van der Waals surface area contributed by atoms with Crippen LogP contribution in [0.15, 0.2) is 0 Å². The van der Waals surface area contributed by atoms with Crippen molar-refractivity contribution in [2.45, 2.75) is 12.1 Å². The average molecular weight is 364 g/mol. The van der Waals surface area contributed by atoms with Gasteiger partial charge in [0.05, 0.1) is 30.0 Å². The van der Waals surface area contributed by atoms with Crippen LogP contribution in [0, 0.1) is 0 Å². The number of nitrogens with one attached hydrogen (secondary N) is 1. The normalized spacial score (nSPS) is 11.9. The molecular weight excluding hydrogens is 353 g/mol. The Morgan fingerprint density at radius 1 is 0.952 bits per heavy atom. The van der Waals surface area contributed by atoms with E-state index < -0.39 is 36.5 Å². The molecule has 0 fully saturated rings. The summed E-state index contributed by atoms with van der Waals surface area (Å²) in [6, 6.07) is -2.31. The van der Waals surface area contributed by atoms with Crippen molar-refractivity contribution in [3.63, 3.8) is 0 Å². The van der Waals surface area contributed by atoms with Gasteiger partial charge in [-0.2, -0.15) is 0 Å². The number of nitrogens with two attached hydrogens (primary N) is 1. The maximum Gasteiger partial charge on any atom is 1.00 e. The zero-order valence-electron chi connectivity index (χ0n) is 12.1. The first-order valence-electron chi connectivity index (χ1n) is 4.69. The first-order chi connectivity index (χ1) is 8.34. The van der Waals surface area contributed by atoms with Crippen molar-refractivity contribution in [2.75, 3.05) is 18.1 Å². The molecule has 0 heterocycles. The Morgan fingerprint density at radius 2 is 1.43 bits per heavy atom. The van der Waals surface area contributed by atoms with E-state index in [1.54, 1.807) is 0 Å². The molecule has 0 amide bonds. The van der Waals surface area contributed by atoms with Crippen molar-refractivity contribution < 1.29 is 118 Å². The summed E-state index contributed by atoms with van der Waals surface area (Å²) in [5.74, 6) is -4.23. The van der Waals surface area contributed by atoms with E-state index in [0.29, 0.717) is 0 Å². The summed E-state index contributed by atoms with van der Waals surface area (Å²) in [6.45, 7) is -0.609. The third kappa shape index (κ3) is 18.2. The molecule has 104 valence electrons. The number of aliphatic carboxylic acids is 3. The van der Waals surface area contributed by atoms with Crippen LogP contribution < -0.4 is 115 Å². The molecule has 0 aliphatic rings. The van der Waals surface area contributed by atoms with Crippen molar-refractivity contribution in [3.8, 4) is 0 Å². The Balaban J connectivity index is -0.000000482. The molecule has 0 rings (SSSR count). The smallest absolute Gasteiger partial charge is 0.549 e. The van der Waals surface area contributed by atoms with Crippen LogP contribution in [0.25, 0.3) is 0 Å². The molecule has 0 aromatic carbocycles.